The molecule has 1 fully saturated rings. The molecule has 1 amide bonds. The molecule has 0 aliphatic carbocycles. The number of anilines is 1. The Kier molecular flexibility index (Phi) is 4.93. The van der Waals surface area contributed by atoms with Gasteiger partial charge in [-0.1, -0.05) is 36.4 Å². The average molecular weight is 339 g/mol. The van der Waals surface area contributed by atoms with Crippen molar-refractivity contribution in [1.82, 2.24) is 9.88 Å². The van der Waals surface area contributed by atoms with Gasteiger partial charge in [0.1, 0.15) is 11.4 Å². The van der Waals surface area contributed by atoms with Gasteiger partial charge in [0, 0.05) is 31.7 Å². The van der Waals surface area contributed by atoms with Gasteiger partial charge in [-0.25, -0.2) is 9.78 Å². The number of hydrogen-bond acceptors (Lipinski definition) is 4. The summed E-state index contributed by atoms with van der Waals surface area (Å²) in [5, 5.41) is 0. The normalized spacial score (nSPS) is 15.2. The van der Waals surface area contributed by atoms with Crippen LogP contribution in [0.1, 0.15) is 20.8 Å². The Labute approximate surface area is 149 Å². The molecule has 25 heavy (non-hydrogen) atoms. The summed E-state index contributed by atoms with van der Waals surface area (Å²) in [6, 6.07) is 16.2. The lowest BCUT2D eigenvalue weighted by molar-refractivity contribution is 0.0240. The smallest absolute Gasteiger partial charge is 0.410 e. The summed E-state index contributed by atoms with van der Waals surface area (Å²) >= 11 is 0. The quantitative estimate of drug-likeness (QED) is 0.835. The van der Waals surface area contributed by atoms with Crippen LogP contribution in [-0.2, 0) is 4.74 Å². The molecule has 1 saturated heterocycles. The van der Waals surface area contributed by atoms with Crippen LogP contribution in [0.25, 0.3) is 11.3 Å². The third-order valence-electron chi connectivity index (χ3n) is 4.06. The van der Waals surface area contributed by atoms with Crippen LogP contribution in [0.3, 0.4) is 0 Å². The molecular weight excluding hydrogens is 314 g/mol. The molecule has 0 radical (unpaired) electrons. The lowest BCUT2D eigenvalue weighted by atomic mass is 10.1. The molecule has 2 aromatic rings. The van der Waals surface area contributed by atoms with E-state index in [1.807, 2.05) is 57.2 Å². The Balaban J connectivity index is 1.65. The zero-order chi connectivity index (χ0) is 17.9. The van der Waals surface area contributed by atoms with E-state index in [0.717, 1.165) is 30.2 Å². The molecule has 0 atom stereocenters. The van der Waals surface area contributed by atoms with E-state index in [1.165, 1.54) is 0 Å². The molecule has 1 aromatic heterocycles. The molecule has 0 spiro atoms. The predicted octanol–water partition coefficient (Wildman–Crippen LogP) is 3.81. The Morgan fingerprint density at radius 3 is 2.28 bits per heavy atom. The molecule has 1 aromatic carbocycles. The van der Waals surface area contributed by atoms with E-state index in [2.05, 4.69) is 17.0 Å². The van der Waals surface area contributed by atoms with Crippen molar-refractivity contribution in [3.8, 4) is 11.3 Å². The average Bonchev–Trinajstić information content (AvgIpc) is 2.61. The number of aromatic nitrogens is 1. The highest BCUT2D eigenvalue weighted by molar-refractivity contribution is 5.68. The van der Waals surface area contributed by atoms with Crippen molar-refractivity contribution in [2.24, 2.45) is 0 Å². The molecule has 1 aliphatic heterocycles. The van der Waals surface area contributed by atoms with Gasteiger partial charge in [0.25, 0.3) is 0 Å². The Hall–Kier alpha value is -2.56. The summed E-state index contributed by atoms with van der Waals surface area (Å²) < 4.78 is 5.45. The van der Waals surface area contributed by atoms with Gasteiger partial charge in [0.05, 0.1) is 5.69 Å². The zero-order valence-corrected chi connectivity index (χ0v) is 15.1. The monoisotopic (exact) mass is 339 g/mol. The van der Waals surface area contributed by atoms with Gasteiger partial charge in [0.2, 0.25) is 0 Å². The van der Waals surface area contributed by atoms with Crippen LogP contribution in [0.2, 0.25) is 0 Å². The lowest BCUT2D eigenvalue weighted by Crippen LogP contribution is -2.50. The number of nitrogens with zero attached hydrogens (tertiary/aromatic N) is 3. The first kappa shape index (κ1) is 17.3. The fourth-order valence-electron chi connectivity index (χ4n) is 2.81. The molecule has 5 nitrogen and oxygen atoms in total. The summed E-state index contributed by atoms with van der Waals surface area (Å²) in [5.41, 5.74) is 1.61. The largest absolute Gasteiger partial charge is 0.444 e. The van der Waals surface area contributed by atoms with Crippen LogP contribution in [0.15, 0.2) is 48.5 Å². The van der Waals surface area contributed by atoms with E-state index >= 15 is 0 Å². The SMILES string of the molecule is CC(C)(C)OC(=O)N1CCN(c2cccc(-c3ccccc3)n2)CC1. The number of pyridine rings is 1. The van der Waals surface area contributed by atoms with Crippen LogP contribution in [-0.4, -0.2) is 47.8 Å². The minimum atomic E-state index is -0.459. The van der Waals surface area contributed by atoms with Crippen molar-refractivity contribution in [3.63, 3.8) is 0 Å². The highest BCUT2D eigenvalue weighted by atomic mass is 16.6. The highest BCUT2D eigenvalue weighted by Crippen LogP contribution is 2.21. The van der Waals surface area contributed by atoms with Gasteiger partial charge in [-0.3, -0.25) is 0 Å². The van der Waals surface area contributed by atoms with Crippen LogP contribution < -0.4 is 4.90 Å². The maximum atomic E-state index is 12.2. The van der Waals surface area contributed by atoms with E-state index in [0.29, 0.717) is 13.1 Å². The molecule has 132 valence electrons. The first-order chi connectivity index (χ1) is 11.9. The maximum Gasteiger partial charge on any atom is 0.410 e. The molecule has 0 unspecified atom stereocenters. The summed E-state index contributed by atoms with van der Waals surface area (Å²) in [4.78, 5) is 20.9. The van der Waals surface area contributed by atoms with Crippen LogP contribution >= 0.6 is 0 Å². The molecule has 1 aliphatic rings. The van der Waals surface area contributed by atoms with E-state index in [9.17, 15) is 4.79 Å². The summed E-state index contributed by atoms with van der Waals surface area (Å²) in [6.45, 7) is 8.47. The minimum Gasteiger partial charge on any atom is -0.444 e. The maximum absolute atomic E-state index is 12.2. The van der Waals surface area contributed by atoms with Crippen LogP contribution in [0.4, 0.5) is 10.6 Å². The third-order valence-corrected chi connectivity index (χ3v) is 4.06. The molecular formula is C20H25N3O2. The Morgan fingerprint density at radius 1 is 0.960 bits per heavy atom. The molecule has 5 heteroatoms. The fraction of sp³-hybridized carbons (Fsp3) is 0.400. The predicted molar refractivity (Wildman–Crippen MR) is 99.7 cm³/mol. The number of amides is 1. The highest BCUT2D eigenvalue weighted by Gasteiger charge is 2.26. The summed E-state index contributed by atoms with van der Waals surface area (Å²) in [7, 11) is 0. The Morgan fingerprint density at radius 2 is 1.64 bits per heavy atom. The summed E-state index contributed by atoms with van der Waals surface area (Å²) in [5.74, 6) is 0.949. The molecule has 0 saturated carbocycles. The summed E-state index contributed by atoms with van der Waals surface area (Å²) in [6.07, 6.45) is -0.238. The van der Waals surface area contributed by atoms with Crippen molar-refractivity contribution < 1.29 is 9.53 Å². The second kappa shape index (κ2) is 7.13. The number of rotatable bonds is 2. The number of benzene rings is 1. The number of hydrogen-bond donors (Lipinski definition) is 0. The Bertz CT molecular complexity index is 717. The van der Waals surface area contributed by atoms with E-state index in [1.54, 1.807) is 4.90 Å². The first-order valence-electron chi connectivity index (χ1n) is 8.68. The van der Waals surface area contributed by atoms with Crippen molar-refractivity contribution >= 4 is 11.9 Å². The van der Waals surface area contributed by atoms with Crippen molar-refractivity contribution in [1.29, 1.82) is 0 Å². The first-order valence-corrected chi connectivity index (χ1v) is 8.68. The second-order valence-corrected chi connectivity index (χ2v) is 7.20. The van der Waals surface area contributed by atoms with E-state index in [4.69, 9.17) is 9.72 Å². The van der Waals surface area contributed by atoms with Gasteiger partial charge in [-0.2, -0.15) is 0 Å². The molecule has 0 bridgehead atoms. The van der Waals surface area contributed by atoms with Crippen molar-refractivity contribution in [2.45, 2.75) is 26.4 Å². The molecule has 3 rings (SSSR count). The fourth-order valence-corrected chi connectivity index (χ4v) is 2.81. The second-order valence-electron chi connectivity index (χ2n) is 7.20. The number of piperazine rings is 1. The van der Waals surface area contributed by atoms with Gasteiger partial charge in [-0.15, -0.1) is 0 Å². The molecule has 2 heterocycles. The zero-order valence-electron chi connectivity index (χ0n) is 15.1. The van der Waals surface area contributed by atoms with E-state index in [-0.39, 0.29) is 6.09 Å². The van der Waals surface area contributed by atoms with Gasteiger partial charge in [-0.05, 0) is 32.9 Å². The van der Waals surface area contributed by atoms with Gasteiger partial charge >= 0.3 is 6.09 Å². The number of carbonyl (C=O) groups is 1. The van der Waals surface area contributed by atoms with Crippen molar-refractivity contribution in [3.05, 3.63) is 48.5 Å². The number of ether oxygens (including phenoxy) is 1. The topological polar surface area (TPSA) is 45.7 Å². The van der Waals surface area contributed by atoms with Crippen molar-refractivity contribution in [2.75, 3.05) is 31.1 Å². The lowest BCUT2D eigenvalue weighted by Gasteiger charge is -2.36. The van der Waals surface area contributed by atoms with Gasteiger partial charge < -0.3 is 14.5 Å². The number of carbonyl (C=O) groups excluding carboxylic acids is 1. The van der Waals surface area contributed by atoms with Crippen LogP contribution in [0, 0.1) is 0 Å². The van der Waals surface area contributed by atoms with Gasteiger partial charge in [0.15, 0.2) is 0 Å². The third kappa shape index (κ3) is 4.50. The minimum absolute atomic E-state index is 0.238. The molecule has 0 N–H and O–H groups in total. The van der Waals surface area contributed by atoms with Crippen LogP contribution in [0.5, 0.6) is 0 Å². The standard InChI is InChI=1S/C20H25N3O2/c1-20(2,3)25-19(24)23-14-12-22(13-15-23)18-11-7-10-17(21-18)16-8-5-4-6-9-16/h4-11H,12-15H2,1-3H3. The van der Waals surface area contributed by atoms with E-state index < -0.39 is 5.60 Å².